The van der Waals surface area contributed by atoms with Crippen LogP contribution in [0.3, 0.4) is 0 Å². The number of rotatable bonds is 2. The van der Waals surface area contributed by atoms with Crippen molar-refractivity contribution in [1.29, 1.82) is 10.5 Å². The van der Waals surface area contributed by atoms with Crippen LogP contribution >= 0.6 is 0 Å². The minimum Gasteiger partial charge on any atom is -0.197 e. The van der Waals surface area contributed by atoms with Gasteiger partial charge in [-0.15, -0.1) is 0 Å². The zero-order chi connectivity index (χ0) is 23.2. The average molecular weight is 435 g/mol. The summed E-state index contributed by atoms with van der Waals surface area (Å²) in [6, 6.07) is 42.3. The van der Waals surface area contributed by atoms with Gasteiger partial charge in [-0.1, -0.05) is 121 Å². The van der Waals surface area contributed by atoms with Gasteiger partial charge in [-0.3, -0.25) is 0 Å². The quantitative estimate of drug-likeness (QED) is 0.345. The van der Waals surface area contributed by atoms with Gasteiger partial charge in [-0.25, -0.2) is 0 Å². The molecule has 7 rings (SSSR count). The van der Waals surface area contributed by atoms with Crippen LogP contribution in [-0.2, 0) is 10.8 Å². The summed E-state index contributed by atoms with van der Waals surface area (Å²) in [5.74, 6) is -0.223. The van der Waals surface area contributed by atoms with Crippen LogP contribution in [0.1, 0.15) is 45.7 Å². The van der Waals surface area contributed by atoms with Crippen molar-refractivity contribution in [3.63, 3.8) is 0 Å². The molecule has 0 N–H and O–H groups in total. The SMILES string of the molecule is N#CC12C/C(=C\c3ccccc3)C(c3ccccc3)C(C#N)(c3ccccc31)c1ccccc12. The minimum absolute atomic E-state index is 0.223. The van der Waals surface area contributed by atoms with E-state index in [4.69, 9.17) is 0 Å². The fourth-order valence-corrected chi connectivity index (χ4v) is 6.23. The molecule has 0 aromatic heterocycles. The summed E-state index contributed by atoms with van der Waals surface area (Å²) in [7, 11) is 0. The highest BCUT2D eigenvalue weighted by Crippen LogP contribution is 2.63. The summed E-state index contributed by atoms with van der Waals surface area (Å²) in [5.41, 5.74) is 5.29. The van der Waals surface area contributed by atoms with Gasteiger partial charge in [0.25, 0.3) is 0 Å². The molecule has 4 aromatic carbocycles. The van der Waals surface area contributed by atoms with Gasteiger partial charge in [0.1, 0.15) is 10.8 Å². The minimum atomic E-state index is -0.938. The van der Waals surface area contributed by atoms with Crippen molar-refractivity contribution in [2.24, 2.45) is 0 Å². The molecule has 3 aliphatic rings. The molecule has 34 heavy (non-hydrogen) atoms. The molecule has 1 atom stereocenters. The van der Waals surface area contributed by atoms with Crippen LogP contribution in [0.15, 0.2) is 115 Å². The summed E-state index contributed by atoms with van der Waals surface area (Å²) in [6.45, 7) is 0. The van der Waals surface area contributed by atoms with Gasteiger partial charge in [0.15, 0.2) is 0 Å². The predicted octanol–water partition coefficient (Wildman–Crippen LogP) is 6.89. The van der Waals surface area contributed by atoms with Gasteiger partial charge in [0.05, 0.1) is 12.1 Å². The molecule has 0 saturated heterocycles. The molecular weight excluding hydrogens is 412 g/mol. The summed E-state index contributed by atoms with van der Waals surface area (Å²) in [6.07, 6.45) is 2.74. The molecule has 1 unspecified atom stereocenters. The number of allylic oxidation sites excluding steroid dienone is 1. The number of nitriles is 2. The Morgan fingerprint density at radius 3 is 1.65 bits per heavy atom. The number of fused-ring (bicyclic) bond motifs is 2. The Balaban J connectivity index is 1.80. The first-order chi connectivity index (χ1) is 16.7. The topological polar surface area (TPSA) is 47.6 Å². The van der Waals surface area contributed by atoms with Crippen molar-refractivity contribution in [2.45, 2.75) is 23.2 Å². The van der Waals surface area contributed by atoms with Crippen molar-refractivity contribution < 1.29 is 0 Å². The van der Waals surface area contributed by atoms with Crippen LogP contribution in [0.25, 0.3) is 6.08 Å². The fraction of sp³-hybridized carbons (Fsp3) is 0.125. The van der Waals surface area contributed by atoms with E-state index in [2.05, 4.69) is 54.6 Å². The van der Waals surface area contributed by atoms with E-state index < -0.39 is 10.8 Å². The highest BCUT2D eigenvalue weighted by Gasteiger charge is 2.59. The van der Waals surface area contributed by atoms with Crippen molar-refractivity contribution in [3.05, 3.63) is 148 Å². The normalized spacial score (nSPS) is 25.5. The Kier molecular flexibility index (Phi) is 4.51. The summed E-state index contributed by atoms with van der Waals surface area (Å²) in [4.78, 5) is 0. The number of hydrogen-bond donors (Lipinski definition) is 0. The lowest BCUT2D eigenvalue weighted by atomic mass is 9.56. The van der Waals surface area contributed by atoms with Crippen LogP contribution in [0.4, 0.5) is 0 Å². The third kappa shape index (κ3) is 2.60. The Labute approximate surface area is 200 Å². The van der Waals surface area contributed by atoms with Crippen molar-refractivity contribution in [1.82, 2.24) is 0 Å². The molecule has 0 aliphatic heterocycles. The lowest BCUT2D eigenvalue weighted by Crippen LogP contribution is -2.41. The first-order valence-electron chi connectivity index (χ1n) is 11.6. The standard InChI is InChI=1S/C32H22N2/c33-21-31-20-25(19-23-11-3-1-4-12-23)30(24-13-5-2-6-14-24)32(22-34,28-17-9-7-15-26(28)31)29-18-10-8-16-27(29)31/h1-19,30H,20H2/b25-19+. The Morgan fingerprint density at radius 2 is 1.12 bits per heavy atom. The van der Waals surface area contributed by atoms with E-state index in [1.54, 1.807) is 0 Å². The van der Waals surface area contributed by atoms with E-state index in [9.17, 15) is 10.5 Å². The molecule has 0 radical (unpaired) electrons. The smallest absolute Gasteiger partial charge is 0.118 e. The summed E-state index contributed by atoms with van der Waals surface area (Å²) >= 11 is 0. The highest BCUT2D eigenvalue weighted by atomic mass is 14.6. The molecule has 0 spiro atoms. The third-order valence-electron chi connectivity index (χ3n) is 7.55. The van der Waals surface area contributed by atoms with Crippen LogP contribution in [0, 0.1) is 22.7 Å². The lowest BCUT2D eigenvalue weighted by molar-refractivity contribution is 0.558. The summed E-state index contributed by atoms with van der Waals surface area (Å²) in [5, 5.41) is 21.9. The molecule has 2 heteroatoms. The highest BCUT2D eigenvalue weighted by molar-refractivity contribution is 5.74. The Morgan fingerprint density at radius 1 is 0.618 bits per heavy atom. The second kappa shape index (κ2) is 7.58. The monoisotopic (exact) mass is 434 g/mol. The molecule has 4 aromatic rings. The van der Waals surface area contributed by atoms with E-state index in [1.165, 1.54) is 0 Å². The number of nitrogens with zero attached hydrogens (tertiary/aromatic N) is 2. The fourth-order valence-electron chi connectivity index (χ4n) is 6.23. The molecule has 0 fully saturated rings. The van der Waals surface area contributed by atoms with Gasteiger partial charge in [0, 0.05) is 5.92 Å². The molecule has 2 nitrogen and oxygen atoms in total. The zero-order valence-corrected chi connectivity index (χ0v) is 18.6. The molecule has 0 saturated carbocycles. The van der Waals surface area contributed by atoms with Crippen LogP contribution < -0.4 is 0 Å². The van der Waals surface area contributed by atoms with Crippen LogP contribution in [0.5, 0.6) is 0 Å². The largest absolute Gasteiger partial charge is 0.197 e. The lowest BCUT2D eigenvalue weighted by Gasteiger charge is -2.42. The zero-order valence-electron chi connectivity index (χ0n) is 18.6. The molecule has 0 heterocycles. The van der Waals surface area contributed by atoms with Crippen LogP contribution in [0.2, 0.25) is 0 Å². The maximum absolute atomic E-state index is 11.1. The average Bonchev–Trinajstić information content (AvgIpc) is 3.08. The Hall–Kier alpha value is -4.40. The van der Waals surface area contributed by atoms with Crippen molar-refractivity contribution in [3.8, 4) is 12.1 Å². The first kappa shape index (κ1) is 20.2. The maximum atomic E-state index is 11.1. The molecule has 0 amide bonds. The van der Waals surface area contributed by atoms with E-state index in [1.807, 2.05) is 72.8 Å². The third-order valence-corrected chi connectivity index (χ3v) is 7.55. The summed E-state index contributed by atoms with van der Waals surface area (Å²) < 4.78 is 0. The van der Waals surface area contributed by atoms with Crippen molar-refractivity contribution in [2.75, 3.05) is 0 Å². The first-order valence-corrected chi connectivity index (χ1v) is 11.6. The maximum Gasteiger partial charge on any atom is 0.118 e. The van der Waals surface area contributed by atoms with E-state index >= 15 is 0 Å². The van der Waals surface area contributed by atoms with Gasteiger partial charge in [-0.05, 0) is 39.8 Å². The van der Waals surface area contributed by atoms with Crippen LogP contribution in [-0.4, -0.2) is 0 Å². The van der Waals surface area contributed by atoms with E-state index in [0.717, 1.165) is 39.0 Å². The van der Waals surface area contributed by atoms with E-state index in [0.29, 0.717) is 6.42 Å². The van der Waals surface area contributed by atoms with Gasteiger partial charge >= 0.3 is 0 Å². The van der Waals surface area contributed by atoms with Gasteiger partial charge in [-0.2, -0.15) is 10.5 Å². The second-order valence-electron chi connectivity index (χ2n) is 9.18. The van der Waals surface area contributed by atoms with Gasteiger partial charge in [0.2, 0.25) is 0 Å². The van der Waals surface area contributed by atoms with E-state index in [-0.39, 0.29) is 5.92 Å². The Bertz CT molecular complexity index is 1450. The van der Waals surface area contributed by atoms with Gasteiger partial charge < -0.3 is 0 Å². The molecule has 160 valence electrons. The van der Waals surface area contributed by atoms with Crippen molar-refractivity contribution >= 4 is 6.08 Å². The number of benzene rings is 4. The number of hydrogen-bond acceptors (Lipinski definition) is 2. The second-order valence-corrected chi connectivity index (χ2v) is 9.18. The molecule has 3 aliphatic carbocycles. The predicted molar refractivity (Wildman–Crippen MR) is 134 cm³/mol. The molecular formula is C32H22N2. The molecule has 2 bridgehead atoms.